The SMILES string of the molecule is COc1cc2c(=O)c(C(=O)c3ccc(C)cc3)cn(CC(=O)Nc3ccc(Cl)cc3)c2cc1OC. The molecule has 1 amide bonds. The highest BCUT2D eigenvalue weighted by atomic mass is 35.5. The first kappa shape index (κ1) is 24.0. The van der Waals surface area contributed by atoms with E-state index < -0.39 is 11.2 Å². The van der Waals surface area contributed by atoms with Crippen molar-refractivity contribution in [1.29, 1.82) is 0 Å². The predicted octanol–water partition coefficient (Wildman–Crippen LogP) is 4.85. The van der Waals surface area contributed by atoms with Gasteiger partial charge in [-0.05, 0) is 37.3 Å². The smallest absolute Gasteiger partial charge is 0.244 e. The molecule has 0 saturated carbocycles. The number of aromatic nitrogens is 1. The molecule has 0 aliphatic heterocycles. The highest BCUT2D eigenvalue weighted by Crippen LogP contribution is 2.31. The largest absolute Gasteiger partial charge is 0.493 e. The summed E-state index contributed by atoms with van der Waals surface area (Å²) in [4.78, 5) is 39.6. The number of hydrogen-bond donors (Lipinski definition) is 1. The number of nitrogens with one attached hydrogen (secondary N) is 1. The lowest BCUT2D eigenvalue weighted by atomic mass is 10.0. The second kappa shape index (κ2) is 10.0. The molecule has 3 aromatic carbocycles. The average Bonchev–Trinajstić information content (AvgIpc) is 2.86. The van der Waals surface area contributed by atoms with Crippen LogP contribution >= 0.6 is 11.6 Å². The summed E-state index contributed by atoms with van der Waals surface area (Å²) in [6, 6.07) is 16.8. The van der Waals surface area contributed by atoms with E-state index in [1.165, 1.54) is 26.5 Å². The number of nitrogens with zero attached hydrogens (tertiary/aromatic N) is 1. The van der Waals surface area contributed by atoms with Crippen LogP contribution in [-0.2, 0) is 11.3 Å². The molecule has 4 aromatic rings. The molecule has 178 valence electrons. The fraction of sp³-hybridized carbons (Fsp3) is 0.148. The number of benzene rings is 3. The standard InChI is InChI=1S/C27H23ClN2O5/c1-16-4-6-17(7-5-16)26(32)21-14-30(15-25(31)29-19-10-8-18(28)9-11-19)22-13-24(35-3)23(34-2)12-20(22)27(21)33/h4-14H,15H2,1-3H3,(H,29,31). The van der Waals surface area contributed by atoms with Gasteiger partial charge in [-0.25, -0.2) is 0 Å². The number of aryl methyl sites for hydroxylation is 1. The topological polar surface area (TPSA) is 86.6 Å². The Kier molecular flexibility index (Phi) is 6.89. The Morgan fingerprint density at radius 1 is 0.943 bits per heavy atom. The van der Waals surface area contributed by atoms with Crippen LogP contribution in [0.3, 0.4) is 0 Å². The van der Waals surface area contributed by atoms with E-state index in [0.29, 0.717) is 33.3 Å². The zero-order valence-electron chi connectivity index (χ0n) is 19.4. The number of anilines is 1. The number of carbonyl (C=O) groups excluding carboxylic acids is 2. The van der Waals surface area contributed by atoms with Gasteiger partial charge in [0, 0.05) is 28.5 Å². The summed E-state index contributed by atoms with van der Waals surface area (Å²) in [5, 5.41) is 3.58. The second-order valence-electron chi connectivity index (χ2n) is 7.97. The van der Waals surface area contributed by atoms with Crippen molar-refractivity contribution in [3.8, 4) is 11.5 Å². The summed E-state index contributed by atoms with van der Waals surface area (Å²) in [7, 11) is 2.94. The third kappa shape index (κ3) is 5.05. The zero-order chi connectivity index (χ0) is 25.1. The number of ketones is 1. The summed E-state index contributed by atoms with van der Waals surface area (Å²) in [6.07, 6.45) is 1.42. The van der Waals surface area contributed by atoms with Crippen molar-refractivity contribution in [1.82, 2.24) is 4.57 Å². The van der Waals surface area contributed by atoms with E-state index in [1.807, 2.05) is 6.92 Å². The predicted molar refractivity (Wildman–Crippen MR) is 136 cm³/mol. The van der Waals surface area contributed by atoms with Crippen LogP contribution in [0.15, 0.2) is 71.7 Å². The molecule has 0 saturated heterocycles. The molecule has 0 bridgehead atoms. The summed E-state index contributed by atoms with van der Waals surface area (Å²) in [5.41, 5.74) is 1.87. The third-order valence-electron chi connectivity index (χ3n) is 5.59. The van der Waals surface area contributed by atoms with Crippen molar-refractivity contribution in [2.45, 2.75) is 13.5 Å². The Balaban J connectivity index is 1.83. The van der Waals surface area contributed by atoms with Gasteiger partial charge >= 0.3 is 0 Å². The van der Waals surface area contributed by atoms with Crippen molar-refractivity contribution in [3.05, 3.63) is 98.8 Å². The van der Waals surface area contributed by atoms with Crippen molar-refractivity contribution in [3.63, 3.8) is 0 Å². The molecule has 0 aliphatic carbocycles. The van der Waals surface area contributed by atoms with Crippen LogP contribution in [0.1, 0.15) is 21.5 Å². The zero-order valence-corrected chi connectivity index (χ0v) is 20.2. The molecule has 0 unspecified atom stereocenters. The van der Waals surface area contributed by atoms with Crippen molar-refractivity contribution in [2.24, 2.45) is 0 Å². The number of amides is 1. The van der Waals surface area contributed by atoms with Crippen LogP contribution in [0.4, 0.5) is 5.69 Å². The Hall–Kier alpha value is -4.10. The molecule has 1 heterocycles. The van der Waals surface area contributed by atoms with Gasteiger partial charge in [-0.1, -0.05) is 41.4 Å². The number of methoxy groups -OCH3 is 2. The first-order valence-electron chi connectivity index (χ1n) is 10.8. The molecule has 0 atom stereocenters. The lowest BCUT2D eigenvalue weighted by Crippen LogP contribution is -2.24. The van der Waals surface area contributed by atoms with Gasteiger partial charge in [-0.15, -0.1) is 0 Å². The van der Waals surface area contributed by atoms with E-state index in [-0.39, 0.29) is 23.4 Å². The molecule has 0 fully saturated rings. The highest BCUT2D eigenvalue weighted by Gasteiger charge is 2.20. The minimum atomic E-state index is -0.458. The molecule has 0 aliphatic rings. The first-order chi connectivity index (χ1) is 16.8. The van der Waals surface area contributed by atoms with Gasteiger partial charge in [0.1, 0.15) is 6.54 Å². The summed E-state index contributed by atoms with van der Waals surface area (Å²) < 4.78 is 12.3. The van der Waals surface area contributed by atoms with Crippen molar-refractivity contribution >= 4 is 39.9 Å². The number of fused-ring (bicyclic) bond motifs is 1. The summed E-state index contributed by atoms with van der Waals surface area (Å²) in [6.45, 7) is 1.76. The summed E-state index contributed by atoms with van der Waals surface area (Å²) >= 11 is 5.92. The maximum Gasteiger partial charge on any atom is 0.244 e. The number of pyridine rings is 1. The number of hydrogen-bond acceptors (Lipinski definition) is 5. The molecular formula is C27H23ClN2O5. The quantitative estimate of drug-likeness (QED) is 0.374. The van der Waals surface area contributed by atoms with E-state index in [1.54, 1.807) is 59.2 Å². The minimum absolute atomic E-state index is 0.0483. The van der Waals surface area contributed by atoms with Crippen LogP contribution in [0, 0.1) is 6.92 Å². The van der Waals surface area contributed by atoms with E-state index in [4.69, 9.17) is 21.1 Å². The van der Waals surface area contributed by atoms with Crippen LogP contribution < -0.4 is 20.2 Å². The van der Waals surface area contributed by atoms with E-state index in [9.17, 15) is 14.4 Å². The maximum absolute atomic E-state index is 13.4. The minimum Gasteiger partial charge on any atom is -0.493 e. The second-order valence-corrected chi connectivity index (χ2v) is 8.41. The molecule has 0 radical (unpaired) electrons. The fourth-order valence-corrected chi connectivity index (χ4v) is 3.88. The van der Waals surface area contributed by atoms with Crippen LogP contribution in [0.2, 0.25) is 5.02 Å². The van der Waals surface area contributed by atoms with Gasteiger partial charge in [-0.3, -0.25) is 14.4 Å². The molecule has 0 spiro atoms. The Morgan fingerprint density at radius 3 is 2.20 bits per heavy atom. The molecular weight excluding hydrogens is 468 g/mol. The van der Waals surface area contributed by atoms with Crippen LogP contribution in [-0.4, -0.2) is 30.5 Å². The van der Waals surface area contributed by atoms with E-state index >= 15 is 0 Å². The number of ether oxygens (including phenoxy) is 2. The van der Waals surface area contributed by atoms with Crippen LogP contribution in [0.5, 0.6) is 11.5 Å². The van der Waals surface area contributed by atoms with Gasteiger partial charge in [0.2, 0.25) is 11.3 Å². The average molecular weight is 491 g/mol. The molecule has 1 N–H and O–H groups in total. The highest BCUT2D eigenvalue weighted by molar-refractivity contribution is 6.30. The van der Waals surface area contributed by atoms with E-state index in [0.717, 1.165) is 5.56 Å². The van der Waals surface area contributed by atoms with Gasteiger partial charge in [-0.2, -0.15) is 0 Å². The molecule has 1 aromatic heterocycles. The van der Waals surface area contributed by atoms with Gasteiger partial charge < -0.3 is 19.4 Å². The molecule has 8 heteroatoms. The van der Waals surface area contributed by atoms with Crippen LogP contribution in [0.25, 0.3) is 10.9 Å². The Labute approximate surface area is 206 Å². The lowest BCUT2D eigenvalue weighted by molar-refractivity contribution is -0.116. The number of carbonyl (C=O) groups is 2. The van der Waals surface area contributed by atoms with Crippen molar-refractivity contribution in [2.75, 3.05) is 19.5 Å². The van der Waals surface area contributed by atoms with Gasteiger partial charge in [0.15, 0.2) is 17.3 Å². The Morgan fingerprint density at radius 2 is 1.57 bits per heavy atom. The molecule has 7 nitrogen and oxygen atoms in total. The normalized spacial score (nSPS) is 10.7. The summed E-state index contributed by atoms with van der Waals surface area (Å²) in [5.74, 6) is -0.0441. The van der Waals surface area contributed by atoms with Gasteiger partial charge in [0.25, 0.3) is 0 Å². The van der Waals surface area contributed by atoms with Gasteiger partial charge in [0.05, 0.1) is 30.7 Å². The number of halogens is 1. The molecule has 35 heavy (non-hydrogen) atoms. The lowest BCUT2D eigenvalue weighted by Gasteiger charge is -2.16. The fourth-order valence-electron chi connectivity index (χ4n) is 3.76. The van der Waals surface area contributed by atoms with E-state index in [2.05, 4.69) is 5.32 Å². The first-order valence-corrected chi connectivity index (χ1v) is 11.1. The van der Waals surface area contributed by atoms with Crippen molar-refractivity contribution < 1.29 is 19.1 Å². The molecule has 4 rings (SSSR count). The maximum atomic E-state index is 13.4. The monoisotopic (exact) mass is 490 g/mol. The Bertz CT molecular complexity index is 1480. The number of rotatable bonds is 7. The third-order valence-corrected chi connectivity index (χ3v) is 5.84.